The number of benzene rings is 1. The second-order valence-corrected chi connectivity index (χ2v) is 5.23. The topological polar surface area (TPSA) is 79.1 Å². The van der Waals surface area contributed by atoms with Crippen LogP contribution in [0, 0.1) is 23.0 Å². The smallest absolute Gasteiger partial charge is 0.256 e. The molecule has 1 aliphatic rings. The number of hydrogen-bond donors (Lipinski definition) is 0. The van der Waals surface area contributed by atoms with Crippen molar-refractivity contribution in [3.63, 3.8) is 0 Å². The predicted octanol–water partition coefficient (Wildman–Crippen LogP) is 1.92. The molecule has 2 heterocycles. The second-order valence-electron chi connectivity index (χ2n) is 5.23. The third-order valence-corrected chi connectivity index (χ3v) is 3.64. The highest BCUT2D eigenvalue weighted by Crippen LogP contribution is 2.21. The summed E-state index contributed by atoms with van der Waals surface area (Å²) < 4.78 is 32.3. The number of likely N-dealkylation sites (tertiary alicyclic amines) is 1. The van der Waals surface area contributed by atoms with Crippen LogP contribution in [-0.4, -0.2) is 40.0 Å². The number of ether oxygens (including phenoxy) is 1. The van der Waals surface area contributed by atoms with Crippen LogP contribution in [0.25, 0.3) is 0 Å². The van der Waals surface area contributed by atoms with E-state index in [2.05, 4.69) is 9.97 Å². The van der Waals surface area contributed by atoms with Crippen molar-refractivity contribution < 1.29 is 18.3 Å². The first-order valence-corrected chi connectivity index (χ1v) is 7.20. The third-order valence-electron chi connectivity index (χ3n) is 3.64. The minimum atomic E-state index is -0.898. The maximum Gasteiger partial charge on any atom is 0.256 e. The first-order chi connectivity index (χ1) is 11.6. The Morgan fingerprint density at radius 3 is 2.88 bits per heavy atom. The molecule has 1 aromatic carbocycles. The molecule has 3 rings (SSSR count). The summed E-state index contributed by atoms with van der Waals surface area (Å²) in [6.07, 6.45) is 2.92. The molecule has 1 atom stereocenters. The van der Waals surface area contributed by atoms with Gasteiger partial charge < -0.3 is 9.64 Å². The first kappa shape index (κ1) is 15.8. The molecular formula is C16H12F2N4O2. The average Bonchev–Trinajstić information content (AvgIpc) is 3.03. The second kappa shape index (κ2) is 6.58. The molecule has 8 heteroatoms. The van der Waals surface area contributed by atoms with Gasteiger partial charge in [-0.15, -0.1) is 0 Å². The van der Waals surface area contributed by atoms with Crippen LogP contribution in [0.1, 0.15) is 22.5 Å². The fourth-order valence-corrected chi connectivity index (χ4v) is 2.49. The van der Waals surface area contributed by atoms with E-state index >= 15 is 0 Å². The summed E-state index contributed by atoms with van der Waals surface area (Å²) in [5.74, 6) is -2.06. The quantitative estimate of drug-likeness (QED) is 0.859. The molecule has 24 heavy (non-hydrogen) atoms. The number of nitrogens with zero attached hydrogens (tertiary/aromatic N) is 4. The number of nitriles is 1. The average molecular weight is 330 g/mol. The zero-order chi connectivity index (χ0) is 17.1. The van der Waals surface area contributed by atoms with Crippen LogP contribution in [-0.2, 0) is 0 Å². The molecule has 1 aromatic heterocycles. The molecule has 1 amide bonds. The zero-order valence-electron chi connectivity index (χ0n) is 12.4. The summed E-state index contributed by atoms with van der Waals surface area (Å²) in [6.45, 7) is 0.583. The molecule has 2 aromatic rings. The highest BCUT2D eigenvalue weighted by Gasteiger charge is 2.30. The van der Waals surface area contributed by atoms with Crippen LogP contribution in [0.3, 0.4) is 0 Å². The molecule has 0 aliphatic carbocycles. The number of hydrogen-bond acceptors (Lipinski definition) is 5. The highest BCUT2D eigenvalue weighted by molar-refractivity contribution is 5.94. The van der Waals surface area contributed by atoms with Crippen LogP contribution in [0.15, 0.2) is 30.6 Å². The van der Waals surface area contributed by atoms with E-state index in [9.17, 15) is 13.6 Å². The Labute approximate surface area is 136 Å². The standard InChI is InChI=1S/C16H12F2N4O2/c17-10-1-2-12(13(18)7-10)16(23)22-6-3-11(9-22)24-15-14(8-19)20-4-5-21-15/h1-2,4-5,7,11H,3,6,9H2. The van der Waals surface area contributed by atoms with Gasteiger partial charge in [0.15, 0.2) is 0 Å². The fourth-order valence-electron chi connectivity index (χ4n) is 2.49. The Balaban J connectivity index is 1.69. The summed E-state index contributed by atoms with van der Waals surface area (Å²) in [5, 5.41) is 8.96. The van der Waals surface area contributed by atoms with Gasteiger partial charge in [-0.2, -0.15) is 5.26 Å². The maximum absolute atomic E-state index is 13.7. The van der Waals surface area contributed by atoms with Gasteiger partial charge >= 0.3 is 0 Å². The summed E-state index contributed by atoms with van der Waals surface area (Å²) in [5.41, 5.74) is -0.124. The van der Waals surface area contributed by atoms with Crippen molar-refractivity contribution in [2.45, 2.75) is 12.5 Å². The van der Waals surface area contributed by atoms with Crippen LogP contribution < -0.4 is 4.74 Å². The molecule has 0 radical (unpaired) electrons. The van der Waals surface area contributed by atoms with Gasteiger partial charge in [-0.3, -0.25) is 4.79 Å². The van der Waals surface area contributed by atoms with Gasteiger partial charge in [0.25, 0.3) is 11.8 Å². The number of rotatable bonds is 3. The lowest BCUT2D eigenvalue weighted by Gasteiger charge is -2.17. The molecule has 122 valence electrons. The first-order valence-electron chi connectivity index (χ1n) is 7.20. The molecule has 6 nitrogen and oxygen atoms in total. The minimum absolute atomic E-state index is 0.0619. The highest BCUT2D eigenvalue weighted by atomic mass is 19.1. The molecule has 1 unspecified atom stereocenters. The van der Waals surface area contributed by atoms with E-state index in [1.807, 2.05) is 6.07 Å². The van der Waals surface area contributed by atoms with Crippen LogP contribution >= 0.6 is 0 Å². The van der Waals surface area contributed by atoms with E-state index in [1.54, 1.807) is 0 Å². The predicted molar refractivity (Wildman–Crippen MR) is 78.0 cm³/mol. The Hall–Kier alpha value is -3.08. The number of carbonyl (C=O) groups excluding carboxylic acids is 1. The molecule has 1 saturated heterocycles. The summed E-state index contributed by atoms with van der Waals surface area (Å²) in [7, 11) is 0. The maximum atomic E-state index is 13.7. The van der Waals surface area contributed by atoms with Crippen molar-refractivity contribution in [1.82, 2.24) is 14.9 Å². The monoisotopic (exact) mass is 330 g/mol. The van der Waals surface area contributed by atoms with E-state index in [1.165, 1.54) is 17.3 Å². The Morgan fingerprint density at radius 2 is 2.12 bits per heavy atom. The largest absolute Gasteiger partial charge is 0.470 e. The van der Waals surface area contributed by atoms with Crippen molar-refractivity contribution in [2.24, 2.45) is 0 Å². The lowest BCUT2D eigenvalue weighted by Crippen LogP contribution is -2.31. The number of amides is 1. The molecule has 0 N–H and O–H groups in total. The Morgan fingerprint density at radius 1 is 1.33 bits per heavy atom. The van der Waals surface area contributed by atoms with E-state index in [-0.39, 0.29) is 29.8 Å². The molecule has 0 saturated carbocycles. The third kappa shape index (κ3) is 3.15. The van der Waals surface area contributed by atoms with E-state index in [4.69, 9.17) is 10.00 Å². The van der Waals surface area contributed by atoms with Crippen molar-refractivity contribution >= 4 is 5.91 Å². The van der Waals surface area contributed by atoms with Gasteiger partial charge in [-0.05, 0) is 12.1 Å². The van der Waals surface area contributed by atoms with Gasteiger partial charge in [-0.1, -0.05) is 0 Å². The van der Waals surface area contributed by atoms with E-state index in [0.29, 0.717) is 19.0 Å². The zero-order valence-corrected chi connectivity index (χ0v) is 12.4. The number of halogens is 2. The van der Waals surface area contributed by atoms with E-state index < -0.39 is 17.5 Å². The molecule has 1 aliphatic heterocycles. The van der Waals surface area contributed by atoms with Crippen LogP contribution in [0.5, 0.6) is 5.88 Å². The van der Waals surface area contributed by atoms with Crippen molar-refractivity contribution in [1.29, 1.82) is 5.26 Å². The Kier molecular flexibility index (Phi) is 4.33. The van der Waals surface area contributed by atoms with Gasteiger partial charge in [-0.25, -0.2) is 18.7 Å². The lowest BCUT2D eigenvalue weighted by molar-refractivity contribution is 0.0766. The van der Waals surface area contributed by atoms with Crippen molar-refractivity contribution in [3.05, 3.63) is 53.5 Å². The number of aromatic nitrogens is 2. The lowest BCUT2D eigenvalue weighted by atomic mass is 10.2. The normalized spacial score (nSPS) is 16.7. The summed E-state index contributed by atoms with van der Waals surface area (Å²) in [6, 6.07) is 4.72. The van der Waals surface area contributed by atoms with Gasteiger partial charge in [0.05, 0.1) is 12.1 Å². The van der Waals surface area contributed by atoms with Crippen molar-refractivity contribution in [3.8, 4) is 11.9 Å². The van der Waals surface area contributed by atoms with Crippen LogP contribution in [0.4, 0.5) is 8.78 Å². The minimum Gasteiger partial charge on any atom is -0.470 e. The summed E-state index contributed by atoms with van der Waals surface area (Å²) >= 11 is 0. The summed E-state index contributed by atoms with van der Waals surface area (Å²) in [4.78, 5) is 21.5. The molecule has 0 spiro atoms. The SMILES string of the molecule is N#Cc1nccnc1OC1CCN(C(=O)c2ccc(F)cc2F)C1. The van der Waals surface area contributed by atoms with E-state index in [0.717, 1.165) is 12.1 Å². The fraction of sp³-hybridized carbons (Fsp3) is 0.250. The number of carbonyl (C=O) groups is 1. The molecular weight excluding hydrogens is 318 g/mol. The van der Waals surface area contributed by atoms with Gasteiger partial charge in [0, 0.05) is 31.4 Å². The Bertz CT molecular complexity index is 822. The van der Waals surface area contributed by atoms with Gasteiger partial charge in [0.2, 0.25) is 5.69 Å². The van der Waals surface area contributed by atoms with Gasteiger partial charge in [0.1, 0.15) is 23.8 Å². The molecule has 0 bridgehead atoms. The van der Waals surface area contributed by atoms with Crippen LogP contribution in [0.2, 0.25) is 0 Å². The molecule has 1 fully saturated rings. The van der Waals surface area contributed by atoms with Crippen molar-refractivity contribution in [2.75, 3.05) is 13.1 Å².